The second-order valence-corrected chi connectivity index (χ2v) is 8.98. The molecule has 200 valence electrons. The maximum absolute atomic E-state index is 13.5. The molecular formula is C28H28F3N3O4. The lowest BCUT2D eigenvalue weighted by molar-refractivity contribution is -0.137. The number of benzene rings is 3. The van der Waals surface area contributed by atoms with Crippen LogP contribution in [0, 0.1) is 6.92 Å². The van der Waals surface area contributed by atoms with Gasteiger partial charge >= 0.3 is 12.2 Å². The van der Waals surface area contributed by atoms with Gasteiger partial charge in [-0.1, -0.05) is 12.1 Å². The van der Waals surface area contributed by atoms with Crippen molar-refractivity contribution < 1.29 is 32.2 Å². The van der Waals surface area contributed by atoms with E-state index >= 15 is 0 Å². The van der Waals surface area contributed by atoms with Crippen molar-refractivity contribution in [2.24, 2.45) is 0 Å². The molecule has 1 N–H and O–H groups in total. The number of alkyl halides is 3. The number of urea groups is 1. The minimum absolute atomic E-state index is 0.133. The van der Waals surface area contributed by atoms with Crippen LogP contribution in [0.5, 0.6) is 11.5 Å². The third kappa shape index (κ3) is 6.01. The van der Waals surface area contributed by atoms with E-state index in [-0.39, 0.29) is 11.6 Å². The Balaban J connectivity index is 1.58. The van der Waals surface area contributed by atoms with Crippen LogP contribution in [-0.2, 0) is 12.7 Å². The second-order valence-electron chi connectivity index (χ2n) is 8.98. The summed E-state index contributed by atoms with van der Waals surface area (Å²) in [7, 11) is 3.11. The lowest BCUT2D eigenvalue weighted by atomic mass is 10.1. The molecule has 1 aliphatic heterocycles. The standard InChI is InChI=1S/C28H28F3N3O4/c1-18-8-9-25(24(12-18)32-26(35)20-6-4-7-21(15-20)28(29,30)31)34-11-5-10-33(27(34)36)17-19-13-22(37-2)16-23(14-19)38-3/h4,6-9,12-16H,5,10-11,17H2,1-3H3,(H,32,35). The van der Waals surface area contributed by atoms with E-state index in [1.165, 1.54) is 12.1 Å². The molecule has 3 aromatic rings. The maximum Gasteiger partial charge on any atom is 0.416 e. The fourth-order valence-corrected chi connectivity index (χ4v) is 4.35. The minimum Gasteiger partial charge on any atom is -0.497 e. The Morgan fingerprint density at radius 1 is 0.974 bits per heavy atom. The van der Waals surface area contributed by atoms with Gasteiger partial charge in [-0.15, -0.1) is 0 Å². The Bertz CT molecular complexity index is 1320. The van der Waals surface area contributed by atoms with Gasteiger partial charge in [-0.3, -0.25) is 9.69 Å². The molecular weight excluding hydrogens is 499 g/mol. The number of hydrogen-bond donors (Lipinski definition) is 1. The molecule has 0 atom stereocenters. The highest BCUT2D eigenvalue weighted by molar-refractivity contribution is 6.07. The van der Waals surface area contributed by atoms with E-state index in [1.54, 1.807) is 42.2 Å². The molecule has 3 aromatic carbocycles. The van der Waals surface area contributed by atoms with E-state index in [0.717, 1.165) is 23.3 Å². The molecule has 0 spiro atoms. The number of methoxy groups -OCH3 is 2. The highest BCUT2D eigenvalue weighted by Crippen LogP contribution is 2.33. The summed E-state index contributed by atoms with van der Waals surface area (Å²) in [4.78, 5) is 29.7. The zero-order valence-electron chi connectivity index (χ0n) is 21.3. The topological polar surface area (TPSA) is 71.1 Å². The van der Waals surface area contributed by atoms with E-state index in [1.807, 2.05) is 25.1 Å². The number of rotatable bonds is 7. The van der Waals surface area contributed by atoms with Crippen molar-refractivity contribution in [3.63, 3.8) is 0 Å². The van der Waals surface area contributed by atoms with Crippen molar-refractivity contribution in [3.05, 3.63) is 82.9 Å². The van der Waals surface area contributed by atoms with Gasteiger partial charge in [0.1, 0.15) is 11.5 Å². The zero-order chi connectivity index (χ0) is 27.4. The summed E-state index contributed by atoms with van der Waals surface area (Å²) in [6, 6.07) is 14.6. The highest BCUT2D eigenvalue weighted by atomic mass is 19.4. The van der Waals surface area contributed by atoms with Gasteiger partial charge in [-0.2, -0.15) is 13.2 Å². The van der Waals surface area contributed by atoms with E-state index in [4.69, 9.17) is 9.47 Å². The first-order valence-corrected chi connectivity index (χ1v) is 12.0. The average molecular weight is 528 g/mol. The lowest BCUT2D eigenvalue weighted by Crippen LogP contribution is -2.49. The van der Waals surface area contributed by atoms with E-state index < -0.39 is 17.6 Å². The number of amides is 3. The zero-order valence-corrected chi connectivity index (χ0v) is 21.3. The predicted molar refractivity (Wildman–Crippen MR) is 138 cm³/mol. The van der Waals surface area contributed by atoms with Gasteiger partial charge in [0, 0.05) is 31.3 Å². The van der Waals surface area contributed by atoms with Gasteiger partial charge in [-0.25, -0.2) is 4.79 Å². The van der Waals surface area contributed by atoms with Gasteiger partial charge < -0.3 is 19.7 Å². The number of nitrogens with one attached hydrogen (secondary N) is 1. The number of carbonyl (C=O) groups is 2. The van der Waals surface area contributed by atoms with Crippen LogP contribution in [0.15, 0.2) is 60.7 Å². The number of aryl methyl sites for hydroxylation is 1. The predicted octanol–water partition coefficient (Wildman–Crippen LogP) is 6.12. The Kier molecular flexibility index (Phi) is 7.80. The van der Waals surface area contributed by atoms with Crippen LogP contribution in [0.25, 0.3) is 0 Å². The molecule has 0 saturated carbocycles. The molecule has 0 radical (unpaired) electrons. The van der Waals surface area contributed by atoms with Gasteiger partial charge in [0.15, 0.2) is 0 Å². The van der Waals surface area contributed by atoms with E-state index in [2.05, 4.69) is 5.32 Å². The smallest absolute Gasteiger partial charge is 0.416 e. The van der Waals surface area contributed by atoms with Crippen LogP contribution < -0.4 is 19.7 Å². The van der Waals surface area contributed by atoms with Crippen LogP contribution in [0.3, 0.4) is 0 Å². The largest absolute Gasteiger partial charge is 0.497 e. The van der Waals surface area contributed by atoms with Gasteiger partial charge in [0.25, 0.3) is 5.91 Å². The van der Waals surface area contributed by atoms with Crippen LogP contribution in [-0.4, -0.2) is 44.1 Å². The molecule has 0 unspecified atom stereocenters. The Morgan fingerprint density at radius 2 is 1.68 bits per heavy atom. The molecule has 1 heterocycles. The van der Waals surface area contributed by atoms with Gasteiger partial charge in [0.05, 0.1) is 31.2 Å². The first kappa shape index (κ1) is 26.8. The summed E-state index contributed by atoms with van der Waals surface area (Å²) in [5.41, 5.74) is 1.41. The van der Waals surface area contributed by atoms with Crippen molar-refractivity contribution in [2.75, 3.05) is 37.5 Å². The Labute approximate surface area is 218 Å². The molecule has 38 heavy (non-hydrogen) atoms. The number of carbonyl (C=O) groups excluding carboxylic acids is 2. The maximum atomic E-state index is 13.5. The third-order valence-electron chi connectivity index (χ3n) is 6.24. The van der Waals surface area contributed by atoms with Crippen LogP contribution >= 0.6 is 0 Å². The van der Waals surface area contributed by atoms with Crippen molar-refractivity contribution in [1.82, 2.24) is 4.90 Å². The molecule has 10 heteroatoms. The molecule has 1 saturated heterocycles. The molecule has 1 aliphatic rings. The number of anilines is 2. The summed E-state index contributed by atoms with van der Waals surface area (Å²) < 4.78 is 50.1. The number of halogens is 3. The molecule has 4 rings (SSSR count). The Morgan fingerprint density at radius 3 is 2.34 bits per heavy atom. The van der Waals surface area contributed by atoms with Crippen molar-refractivity contribution in [2.45, 2.75) is 26.1 Å². The quantitative estimate of drug-likeness (QED) is 0.402. The van der Waals surface area contributed by atoms with Gasteiger partial charge in [0.2, 0.25) is 0 Å². The molecule has 0 aromatic heterocycles. The van der Waals surface area contributed by atoms with Crippen LogP contribution in [0.1, 0.15) is 33.5 Å². The van der Waals surface area contributed by atoms with Crippen molar-refractivity contribution >= 4 is 23.3 Å². The molecule has 1 fully saturated rings. The fraction of sp³-hybridized carbons (Fsp3) is 0.286. The number of hydrogen-bond acceptors (Lipinski definition) is 4. The molecule has 3 amide bonds. The van der Waals surface area contributed by atoms with Crippen LogP contribution in [0.2, 0.25) is 0 Å². The lowest BCUT2D eigenvalue weighted by Gasteiger charge is -2.36. The molecule has 0 bridgehead atoms. The van der Waals surface area contributed by atoms with Crippen molar-refractivity contribution in [3.8, 4) is 11.5 Å². The van der Waals surface area contributed by atoms with E-state index in [0.29, 0.717) is 48.9 Å². The third-order valence-corrected chi connectivity index (χ3v) is 6.24. The SMILES string of the molecule is COc1cc(CN2CCCN(c3ccc(C)cc3NC(=O)c3cccc(C(F)(F)F)c3)C2=O)cc(OC)c1. The Hall–Kier alpha value is -4.21. The van der Waals surface area contributed by atoms with Crippen LogP contribution in [0.4, 0.5) is 29.3 Å². The van der Waals surface area contributed by atoms with Gasteiger partial charge in [-0.05, 0) is 66.9 Å². The highest BCUT2D eigenvalue weighted by Gasteiger charge is 2.32. The summed E-state index contributed by atoms with van der Waals surface area (Å²) in [5, 5.41) is 2.71. The monoisotopic (exact) mass is 527 g/mol. The summed E-state index contributed by atoms with van der Waals surface area (Å²) in [6.07, 6.45) is -3.89. The normalized spacial score (nSPS) is 13.9. The summed E-state index contributed by atoms with van der Waals surface area (Å²) in [6.45, 7) is 3.10. The first-order valence-electron chi connectivity index (χ1n) is 12.0. The second kappa shape index (κ2) is 11.0. The first-order chi connectivity index (χ1) is 18.1. The number of nitrogens with zero attached hydrogens (tertiary/aromatic N) is 2. The minimum atomic E-state index is -4.57. The molecule has 0 aliphatic carbocycles. The molecule has 7 nitrogen and oxygen atoms in total. The number of ether oxygens (including phenoxy) is 2. The van der Waals surface area contributed by atoms with Crippen molar-refractivity contribution in [1.29, 1.82) is 0 Å². The summed E-state index contributed by atoms with van der Waals surface area (Å²) in [5.74, 6) is 0.519. The fourth-order valence-electron chi connectivity index (χ4n) is 4.35. The average Bonchev–Trinajstić information content (AvgIpc) is 2.89. The van der Waals surface area contributed by atoms with E-state index in [9.17, 15) is 22.8 Å². The summed E-state index contributed by atoms with van der Waals surface area (Å²) >= 11 is 0.